The number of sulfonamides is 1. The van der Waals surface area contributed by atoms with Crippen molar-refractivity contribution >= 4 is 21.1 Å². The van der Waals surface area contributed by atoms with Crippen molar-refractivity contribution in [3.05, 3.63) is 59.9 Å². The van der Waals surface area contributed by atoms with Crippen LogP contribution in [0.5, 0.6) is 0 Å². The van der Waals surface area contributed by atoms with Gasteiger partial charge in [0.2, 0.25) is 10.0 Å². The van der Waals surface area contributed by atoms with Crippen molar-refractivity contribution in [2.24, 2.45) is 0 Å². The third kappa shape index (κ3) is 5.40. The van der Waals surface area contributed by atoms with Crippen LogP contribution in [0.15, 0.2) is 53.4 Å². The van der Waals surface area contributed by atoms with Gasteiger partial charge in [0.05, 0.1) is 15.9 Å². The molecule has 5 nitrogen and oxygen atoms in total. The molecule has 0 saturated carbocycles. The first-order valence-electron chi connectivity index (χ1n) is 9.61. The van der Waals surface area contributed by atoms with Crippen molar-refractivity contribution in [2.45, 2.75) is 50.3 Å². The minimum atomic E-state index is -3.50. The van der Waals surface area contributed by atoms with Gasteiger partial charge in [-0.1, -0.05) is 50.5 Å². The minimum Gasteiger partial charge on any atom is -0.342 e. The Balaban J connectivity index is 1.53. The summed E-state index contributed by atoms with van der Waals surface area (Å²) < 4.78 is 27.6. The molecule has 2 aromatic carbocycles. The fourth-order valence-corrected chi connectivity index (χ4v) is 4.13. The van der Waals surface area contributed by atoms with E-state index in [4.69, 9.17) is 0 Å². The number of hydrogen-bond acceptors (Lipinski definition) is 3. The first-order chi connectivity index (χ1) is 13.1. The van der Waals surface area contributed by atoms with Crippen molar-refractivity contribution in [1.82, 2.24) is 14.7 Å². The first kappa shape index (κ1) is 19.6. The Morgan fingerprint density at radius 3 is 2.48 bits per heavy atom. The number of benzene rings is 2. The topological polar surface area (TPSA) is 74.8 Å². The lowest BCUT2D eigenvalue weighted by molar-refractivity contribution is 0.581. The van der Waals surface area contributed by atoms with Gasteiger partial charge in [0, 0.05) is 13.0 Å². The fraction of sp³-hybridized carbons (Fsp3) is 0.381. The fourth-order valence-electron chi connectivity index (χ4n) is 3.10. The highest BCUT2D eigenvalue weighted by Crippen LogP contribution is 2.14. The predicted octanol–water partition coefficient (Wildman–Crippen LogP) is 4.21. The summed E-state index contributed by atoms with van der Waals surface area (Å²) in [4.78, 5) is 7.99. The molecule has 0 bridgehead atoms. The molecule has 0 saturated heterocycles. The third-order valence-electron chi connectivity index (χ3n) is 4.64. The van der Waals surface area contributed by atoms with E-state index in [1.807, 2.05) is 36.4 Å². The van der Waals surface area contributed by atoms with Crippen LogP contribution in [0.25, 0.3) is 11.0 Å². The van der Waals surface area contributed by atoms with E-state index in [1.54, 1.807) is 12.1 Å². The molecule has 27 heavy (non-hydrogen) atoms. The van der Waals surface area contributed by atoms with Gasteiger partial charge in [0.1, 0.15) is 5.82 Å². The number of para-hydroxylation sites is 2. The number of H-pyrrole nitrogens is 1. The van der Waals surface area contributed by atoms with Crippen LogP contribution in [0.1, 0.15) is 44.0 Å². The van der Waals surface area contributed by atoms with Crippen LogP contribution in [-0.2, 0) is 22.9 Å². The Morgan fingerprint density at radius 1 is 0.963 bits per heavy atom. The number of rotatable bonds is 10. The monoisotopic (exact) mass is 385 g/mol. The Hall–Kier alpha value is -2.18. The van der Waals surface area contributed by atoms with E-state index in [0.29, 0.717) is 17.9 Å². The molecule has 3 rings (SSSR count). The number of nitrogens with one attached hydrogen (secondary N) is 2. The SMILES string of the molecule is CCCCCCc1ccc(S(=O)(=O)NCCc2nc3ccccc3[nH]2)cc1. The van der Waals surface area contributed by atoms with Crippen LogP contribution in [-0.4, -0.2) is 24.9 Å². The molecule has 2 N–H and O–H groups in total. The molecule has 0 unspecified atom stereocenters. The Morgan fingerprint density at radius 2 is 1.74 bits per heavy atom. The lowest BCUT2D eigenvalue weighted by atomic mass is 10.1. The molecule has 144 valence electrons. The van der Waals surface area contributed by atoms with Gasteiger partial charge in [0.15, 0.2) is 0 Å². The summed E-state index contributed by atoms with van der Waals surface area (Å²) in [5, 5.41) is 0. The van der Waals surface area contributed by atoms with E-state index >= 15 is 0 Å². The van der Waals surface area contributed by atoms with Crippen molar-refractivity contribution in [1.29, 1.82) is 0 Å². The number of hydrogen-bond donors (Lipinski definition) is 2. The van der Waals surface area contributed by atoms with E-state index in [9.17, 15) is 8.42 Å². The molecule has 3 aromatic rings. The molecular weight excluding hydrogens is 358 g/mol. The second-order valence-corrected chi connectivity index (χ2v) is 8.57. The number of aromatic amines is 1. The van der Waals surface area contributed by atoms with Crippen LogP contribution in [0.4, 0.5) is 0 Å². The maximum Gasteiger partial charge on any atom is 0.240 e. The molecular formula is C21H27N3O2S. The summed E-state index contributed by atoms with van der Waals surface area (Å²) in [6, 6.07) is 15.0. The van der Waals surface area contributed by atoms with Gasteiger partial charge >= 0.3 is 0 Å². The summed E-state index contributed by atoms with van der Waals surface area (Å²) in [6.45, 7) is 2.50. The predicted molar refractivity (Wildman–Crippen MR) is 109 cm³/mol. The van der Waals surface area contributed by atoms with Gasteiger partial charge in [-0.25, -0.2) is 18.1 Å². The Labute approximate surface area is 161 Å². The summed E-state index contributed by atoms with van der Waals surface area (Å²) >= 11 is 0. The summed E-state index contributed by atoms with van der Waals surface area (Å²) in [7, 11) is -3.50. The smallest absolute Gasteiger partial charge is 0.240 e. The van der Waals surface area contributed by atoms with Crippen molar-refractivity contribution < 1.29 is 8.42 Å². The van der Waals surface area contributed by atoms with Crippen molar-refractivity contribution in [2.75, 3.05) is 6.54 Å². The van der Waals surface area contributed by atoms with E-state index in [2.05, 4.69) is 21.6 Å². The quantitative estimate of drug-likeness (QED) is 0.514. The highest BCUT2D eigenvalue weighted by atomic mass is 32.2. The zero-order valence-corrected chi connectivity index (χ0v) is 16.6. The van der Waals surface area contributed by atoms with Gasteiger partial charge in [-0.2, -0.15) is 0 Å². The lowest BCUT2D eigenvalue weighted by Crippen LogP contribution is -2.26. The lowest BCUT2D eigenvalue weighted by Gasteiger charge is -2.07. The van der Waals surface area contributed by atoms with Gasteiger partial charge in [-0.3, -0.25) is 0 Å². The van der Waals surface area contributed by atoms with Crippen molar-refractivity contribution in [3.63, 3.8) is 0 Å². The second kappa shape index (κ2) is 9.15. The Kier molecular flexibility index (Phi) is 6.63. The van der Waals surface area contributed by atoms with Gasteiger partial charge < -0.3 is 4.98 Å². The van der Waals surface area contributed by atoms with E-state index < -0.39 is 10.0 Å². The normalized spacial score (nSPS) is 11.9. The zero-order chi connectivity index (χ0) is 19.1. The number of fused-ring (bicyclic) bond motifs is 1. The van der Waals surface area contributed by atoms with Gasteiger partial charge in [0.25, 0.3) is 0 Å². The number of nitrogens with zero attached hydrogens (tertiary/aromatic N) is 1. The van der Waals surface area contributed by atoms with E-state index in [1.165, 1.54) is 24.8 Å². The highest BCUT2D eigenvalue weighted by molar-refractivity contribution is 7.89. The van der Waals surface area contributed by atoms with Crippen LogP contribution >= 0.6 is 0 Å². The molecule has 0 atom stereocenters. The van der Waals surface area contributed by atoms with E-state index in [0.717, 1.165) is 29.7 Å². The Bertz CT molecular complexity index is 930. The number of unbranched alkanes of at least 4 members (excludes halogenated alkanes) is 3. The molecule has 1 heterocycles. The molecule has 0 fully saturated rings. The molecule has 0 amide bonds. The zero-order valence-electron chi connectivity index (χ0n) is 15.7. The standard InChI is InChI=1S/C21H27N3O2S/c1-2-3-4-5-8-17-11-13-18(14-12-17)27(25,26)22-16-15-21-23-19-9-6-7-10-20(19)24-21/h6-7,9-14,22H,2-5,8,15-16H2,1H3,(H,23,24). The number of aryl methyl sites for hydroxylation is 1. The summed E-state index contributed by atoms with van der Waals surface area (Å²) in [5.74, 6) is 0.779. The van der Waals surface area contributed by atoms with Crippen LogP contribution in [0.3, 0.4) is 0 Å². The molecule has 0 aliphatic carbocycles. The average molecular weight is 386 g/mol. The molecule has 1 aromatic heterocycles. The number of aromatic nitrogens is 2. The van der Waals surface area contributed by atoms with Crippen LogP contribution in [0.2, 0.25) is 0 Å². The largest absolute Gasteiger partial charge is 0.342 e. The van der Waals surface area contributed by atoms with Gasteiger partial charge in [-0.15, -0.1) is 0 Å². The molecule has 6 heteroatoms. The highest BCUT2D eigenvalue weighted by Gasteiger charge is 2.13. The maximum absolute atomic E-state index is 12.5. The maximum atomic E-state index is 12.5. The average Bonchev–Trinajstić information content (AvgIpc) is 3.08. The minimum absolute atomic E-state index is 0.306. The molecule has 0 spiro atoms. The first-order valence-corrected chi connectivity index (χ1v) is 11.1. The van der Waals surface area contributed by atoms with Crippen LogP contribution in [0, 0.1) is 0 Å². The summed E-state index contributed by atoms with van der Waals surface area (Å²) in [6.07, 6.45) is 6.36. The van der Waals surface area contributed by atoms with Crippen molar-refractivity contribution in [3.8, 4) is 0 Å². The van der Waals surface area contributed by atoms with Crippen LogP contribution < -0.4 is 4.72 Å². The molecule has 0 aliphatic heterocycles. The third-order valence-corrected chi connectivity index (χ3v) is 6.12. The second-order valence-electron chi connectivity index (χ2n) is 6.80. The molecule has 0 radical (unpaired) electrons. The van der Waals surface area contributed by atoms with Gasteiger partial charge in [-0.05, 0) is 42.7 Å². The van der Waals surface area contributed by atoms with E-state index in [-0.39, 0.29) is 0 Å². The molecule has 0 aliphatic rings. The summed E-state index contributed by atoms with van der Waals surface area (Å²) in [5.41, 5.74) is 3.04. The number of imidazole rings is 1.